The van der Waals surface area contributed by atoms with E-state index in [0.29, 0.717) is 0 Å². The molecule has 0 aliphatic rings. The monoisotopic (exact) mass is 182 g/mol. The molecule has 0 heterocycles. The largest absolute Gasteiger partial charge is 0.496 e. The molecule has 0 bridgehead atoms. The zero-order valence-electron chi connectivity index (χ0n) is 7.97. The van der Waals surface area contributed by atoms with Gasteiger partial charge in [-0.05, 0) is 37.3 Å². The van der Waals surface area contributed by atoms with Crippen LogP contribution in [-0.4, -0.2) is 13.4 Å². The average molecular weight is 182 g/mol. The van der Waals surface area contributed by atoms with Crippen LogP contribution >= 0.6 is 11.8 Å². The zero-order chi connectivity index (χ0) is 9.14. The lowest BCUT2D eigenvalue weighted by Gasteiger charge is -2.08. The minimum Gasteiger partial charge on any atom is -0.496 e. The molecule has 0 saturated carbocycles. The number of methoxy groups -OCH3 is 1. The first-order valence-electron chi connectivity index (χ1n) is 3.88. The number of hydrogen-bond acceptors (Lipinski definition) is 2. The van der Waals surface area contributed by atoms with E-state index in [1.54, 1.807) is 18.9 Å². The summed E-state index contributed by atoms with van der Waals surface area (Å²) in [5, 5.41) is 0. The van der Waals surface area contributed by atoms with Gasteiger partial charge in [-0.2, -0.15) is 0 Å². The van der Waals surface area contributed by atoms with E-state index in [4.69, 9.17) is 4.74 Å². The van der Waals surface area contributed by atoms with Gasteiger partial charge in [-0.15, -0.1) is 11.8 Å². The number of thioether (sulfide) groups is 1. The highest BCUT2D eigenvalue weighted by molar-refractivity contribution is 7.98. The van der Waals surface area contributed by atoms with Crippen molar-refractivity contribution in [2.75, 3.05) is 13.4 Å². The molecule has 66 valence electrons. The normalized spacial score (nSPS) is 10.0. The molecule has 0 unspecified atom stereocenters. The van der Waals surface area contributed by atoms with Gasteiger partial charge in [-0.1, -0.05) is 6.07 Å². The van der Waals surface area contributed by atoms with Crippen LogP contribution in [0.5, 0.6) is 5.75 Å². The predicted octanol–water partition coefficient (Wildman–Crippen LogP) is 3.03. The summed E-state index contributed by atoms with van der Waals surface area (Å²) in [7, 11) is 1.71. The summed E-state index contributed by atoms with van der Waals surface area (Å²) in [6.07, 6.45) is 2.08. The second-order valence-corrected chi connectivity index (χ2v) is 3.64. The van der Waals surface area contributed by atoms with Gasteiger partial charge in [0.2, 0.25) is 0 Å². The summed E-state index contributed by atoms with van der Waals surface area (Å²) in [6.45, 7) is 4.19. The molecular formula is C10H14OS. The first-order chi connectivity index (χ1) is 5.69. The Kier molecular flexibility index (Phi) is 3.04. The van der Waals surface area contributed by atoms with Crippen LogP contribution in [0.25, 0.3) is 0 Å². The molecule has 0 saturated heterocycles. The topological polar surface area (TPSA) is 9.23 Å². The molecule has 1 nitrogen and oxygen atoms in total. The van der Waals surface area contributed by atoms with Crippen LogP contribution < -0.4 is 4.74 Å². The smallest absolute Gasteiger partial charge is 0.122 e. The van der Waals surface area contributed by atoms with Crippen molar-refractivity contribution in [1.82, 2.24) is 0 Å². The molecule has 12 heavy (non-hydrogen) atoms. The van der Waals surface area contributed by atoms with Crippen molar-refractivity contribution in [3.05, 3.63) is 23.3 Å². The summed E-state index contributed by atoms with van der Waals surface area (Å²) in [4.78, 5) is 1.29. The third-order valence-electron chi connectivity index (χ3n) is 1.91. The molecule has 1 aromatic carbocycles. The van der Waals surface area contributed by atoms with Gasteiger partial charge in [0.25, 0.3) is 0 Å². The highest BCUT2D eigenvalue weighted by atomic mass is 32.2. The van der Waals surface area contributed by atoms with Crippen molar-refractivity contribution in [3.63, 3.8) is 0 Å². The van der Waals surface area contributed by atoms with Gasteiger partial charge in [0.05, 0.1) is 7.11 Å². The van der Waals surface area contributed by atoms with E-state index < -0.39 is 0 Å². The maximum Gasteiger partial charge on any atom is 0.122 e. The Hall–Kier alpha value is -0.630. The van der Waals surface area contributed by atoms with Crippen molar-refractivity contribution in [2.45, 2.75) is 18.7 Å². The summed E-state index contributed by atoms with van der Waals surface area (Å²) < 4.78 is 5.23. The quantitative estimate of drug-likeness (QED) is 0.650. The van der Waals surface area contributed by atoms with Crippen LogP contribution in [0.15, 0.2) is 17.0 Å². The van der Waals surface area contributed by atoms with Gasteiger partial charge in [0.1, 0.15) is 5.75 Å². The Morgan fingerprint density at radius 1 is 1.17 bits per heavy atom. The van der Waals surface area contributed by atoms with Gasteiger partial charge in [0.15, 0.2) is 0 Å². The first kappa shape index (κ1) is 9.46. The van der Waals surface area contributed by atoms with Crippen LogP contribution in [0.3, 0.4) is 0 Å². The second-order valence-electron chi connectivity index (χ2n) is 2.79. The fourth-order valence-corrected chi connectivity index (χ4v) is 1.86. The van der Waals surface area contributed by atoms with E-state index in [-0.39, 0.29) is 0 Å². The molecule has 0 amide bonds. The molecule has 1 rings (SSSR count). The summed E-state index contributed by atoms with van der Waals surface area (Å²) in [5.41, 5.74) is 2.52. The maximum absolute atomic E-state index is 5.23. The molecule has 0 spiro atoms. The van der Waals surface area contributed by atoms with Crippen LogP contribution in [0.4, 0.5) is 0 Å². The number of hydrogen-bond donors (Lipinski definition) is 0. The molecule has 0 N–H and O–H groups in total. The first-order valence-corrected chi connectivity index (χ1v) is 5.10. The zero-order valence-corrected chi connectivity index (χ0v) is 8.79. The van der Waals surface area contributed by atoms with Crippen LogP contribution in [0, 0.1) is 13.8 Å². The van der Waals surface area contributed by atoms with E-state index in [1.807, 2.05) is 0 Å². The number of rotatable bonds is 2. The molecule has 0 atom stereocenters. The summed E-state index contributed by atoms with van der Waals surface area (Å²) in [5.74, 6) is 0.977. The van der Waals surface area contributed by atoms with Crippen molar-refractivity contribution in [1.29, 1.82) is 0 Å². The van der Waals surface area contributed by atoms with Gasteiger partial charge in [0, 0.05) is 4.90 Å². The Bertz CT molecular complexity index is 256. The maximum atomic E-state index is 5.23. The third-order valence-corrected chi connectivity index (χ3v) is 2.79. The minimum absolute atomic E-state index is 0.977. The second kappa shape index (κ2) is 3.85. The van der Waals surface area contributed by atoms with Gasteiger partial charge >= 0.3 is 0 Å². The van der Waals surface area contributed by atoms with Crippen LogP contribution in [-0.2, 0) is 0 Å². The standard InChI is InChI=1S/C10H14OS/c1-7-5-8(2)10(12-4)6-9(7)11-3/h5-6H,1-4H3. The van der Waals surface area contributed by atoms with Crippen molar-refractivity contribution >= 4 is 11.8 Å². The van der Waals surface area contributed by atoms with E-state index in [2.05, 4.69) is 32.2 Å². The molecular weight excluding hydrogens is 168 g/mol. The number of ether oxygens (including phenoxy) is 1. The predicted molar refractivity (Wildman–Crippen MR) is 54.2 cm³/mol. The van der Waals surface area contributed by atoms with Crippen molar-refractivity contribution in [3.8, 4) is 5.75 Å². The van der Waals surface area contributed by atoms with Gasteiger partial charge < -0.3 is 4.74 Å². The Balaban J connectivity index is 3.18. The van der Waals surface area contributed by atoms with E-state index in [0.717, 1.165) is 5.75 Å². The summed E-state index contributed by atoms with van der Waals surface area (Å²) >= 11 is 1.75. The van der Waals surface area contributed by atoms with E-state index in [9.17, 15) is 0 Å². The van der Waals surface area contributed by atoms with Crippen LogP contribution in [0.1, 0.15) is 11.1 Å². The van der Waals surface area contributed by atoms with Gasteiger partial charge in [-0.25, -0.2) is 0 Å². The molecule has 0 aliphatic heterocycles. The summed E-state index contributed by atoms with van der Waals surface area (Å²) in [6, 6.07) is 4.25. The average Bonchev–Trinajstić information content (AvgIpc) is 2.05. The van der Waals surface area contributed by atoms with Crippen molar-refractivity contribution < 1.29 is 4.74 Å². The van der Waals surface area contributed by atoms with Crippen molar-refractivity contribution in [2.24, 2.45) is 0 Å². The molecule has 0 radical (unpaired) electrons. The lowest BCUT2D eigenvalue weighted by atomic mass is 10.1. The Labute approximate surface area is 78.1 Å². The highest BCUT2D eigenvalue weighted by Crippen LogP contribution is 2.28. The van der Waals surface area contributed by atoms with E-state index >= 15 is 0 Å². The molecule has 0 aliphatic carbocycles. The molecule has 0 fully saturated rings. The lowest BCUT2D eigenvalue weighted by Crippen LogP contribution is -1.89. The molecule has 1 aromatic rings. The SMILES string of the molecule is COc1cc(SC)c(C)cc1C. The molecule has 0 aromatic heterocycles. The Morgan fingerprint density at radius 3 is 2.33 bits per heavy atom. The Morgan fingerprint density at radius 2 is 1.83 bits per heavy atom. The lowest BCUT2D eigenvalue weighted by molar-refractivity contribution is 0.410. The number of aryl methyl sites for hydroxylation is 2. The highest BCUT2D eigenvalue weighted by Gasteiger charge is 2.02. The third kappa shape index (κ3) is 1.75. The van der Waals surface area contributed by atoms with Crippen LogP contribution in [0.2, 0.25) is 0 Å². The van der Waals surface area contributed by atoms with E-state index in [1.165, 1.54) is 16.0 Å². The number of benzene rings is 1. The van der Waals surface area contributed by atoms with Gasteiger partial charge in [-0.3, -0.25) is 0 Å². The molecule has 2 heteroatoms. The fourth-order valence-electron chi connectivity index (χ4n) is 1.25. The fraction of sp³-hybridized carbons (Fsp3) is 0.400. The minimum atomic E-state index is 0.977.